The summed E-state index contributed by atoms with van der Waals surface area (Å²) in [4.78, 5) is 34.3. The first-order chi connectivity index (χ1) is 14.3. The van der Waals surface area contributed by atoms with E-state index in [0.29, 0.717) is 9.87 Å². The van der Waals surface area contributed by atoms with Crippen molar-refractivity contribution in [1.29, 1.82) is 0 Å². The average molecular weight is 433 g/mol. The van der Waals surface area contributed by atoms with Gasteiger partial charge in [-0.25, -0.2) is 17.5 Å². The number of non-ortho nitro benzene ring substituents is 1. The number of nitro benzene ring substituents is 1. The zero-order chi connectivity index (χ0) is 21.9. The minimum absolute atomic E-state index is 0.0389. The number of nitrogens with zero attached hydrogens (tertiary/aromatic N) is 2. The van der Waals surface area contributed by atoms with Gasteiger partial charge in [0.1, 0.15) is 0 Å². The molecule has 0 radical (unpaired) electrons. The summed E-state index contributed by atoms with van der Waals surface area (Å²) >= 11 is 0. The van der Waals surface area contributed by atoms with Crippen LogP contribution in [0, 0.1) is 10.1 Å². The van der Waals surface area contributed by atoms with E-state index in [1.165, 1.54) is 7.11 Å². The fourth-order valence-corrected chi connectivity index (χ4v) is 4.90. The summed E-state index contributed by atoms with van der Waals surface area (Å²) in [6.45, 7) is 0. The van der Waals surface area contributed by atoms with Crippen LogP contribution in [0.3, 0.4) is 0 Å². The van der Waals surface area contributed by atoms with E-state index in [-0.39, 0.29) is 23.4 Å². The Hall–Kier alpha value is -3.47. The molecule has 0 bridgehead atoms. The number of carbonyl (C=O) groups is 2. The summed E-state index contributed by atoms with van der Waals surface area (Å²) < 4.78 is 31.8. The molecule has 0 aliphatic carbocycles. The molecule has 2 aromatic rings. The largest absolute Gasteiger partial charge is 0.469 e. The number of nitro groups is 1. The SMILES string of the molecule is COC(=O)CC[C@H]1[C@H](c2ccccc2)NC(=O)N1S(=O)(=O)c1ccc([N+](=O)[O-])cc1. The topological polar surface area (TPSA) is 136 Å². The molecule has 0 aromatic heterocycles. The lowest BCUT2D eigenvalue weighted by atomic mass is 9.97. The molecule has 1 N–H and O–H groups in total. The first kappa shape index (κ1) is 21.2. The Kier molecular flexibility index (Phi) is 6.01. The van der Waals surface area contributed by atoms with Gasteiger partial charge in [-0.1, -0.05) is 30.3 Å². The van der Waals surface area contributed by atoms with Gasteiger partial charge < -0.3 is 10.1 Å². The predicted molar refractivity (Wildman–Crippen MR) is 105 cm³/mol. The van der Waals surface area contributed by atoms with Crippen molar-refractivity contribution in [1.82, 2.24) is 9.62 Å². The number of methoxy groups -OCH3 is 1. The number of sulfonamides is 1. The maximum atomic E-state index is 13.2. The van der Waals surface area contributed by atoms with E-state index in [1.807, 2.05) is 0 Å². The zero-order valence-corrected chi connectivity index (χ0v) is 16.7. The Balaban J connectivity index is 1.99. The Morgan fingerprint density at radius 1 is 1.17 bits per heavy atom. The van der Waals surface area contributed by atoms with Crippen LogP contribution in [0.2, 0.25) is 0 Å². The molecule has 30 heavy (non-hydrogen) atoms. The van der Waals surface area contributed by atoms with Crippen molar-refractivity contribution >= 4 is 27.7 Å². The second-order valence-electron chi connectivity index (χ2n) is 6.57. The average Bonchev–Trinajstić information content (AvgIpc) is 3.09. The van der Waals surface area contributed by atoms with Gasteiger partial charge in [-0.05, 0) is 24.1 Å². The highest BCUT2D eigenvalue weighted by atomic mass is 32.2. The van der Waals surface area contributed by atoms with Crippen LogP contribution >= 0.6 is 0 Å². The number of nitrogens with one attached hydrogen (secondary N) is 1. The highest BCUT2D eigenvalue weighted by Gasteiger charge is 2.47. The molecule has 0 saturated carbocycles. The van der Waals surface area contributed by atoms with Crippen LogP contribution in [0.1, 0.15) is 24.4 Å². The molecule has 1 aliphatic heterocycles. The number of benzene rings is 2. The van der Waals surface area contributed by atoms with E-state index in [2.05, 4.69) is 10.1 Å². The molecular formula is C19H19N3O7S. The Morgan fingerprint density at radius 3 is 2.37 bits per heavy atom. The number of carbonyl (C=O) groups excluding carboxylic acids is 2. The third-order valence-electron chi connectivity index (χ3n) is 4.80. The normalized spacial score (nSPS) is 18.7. The number of rotatable bonds is 7. The second kappa shape index (κ2) is 8.49. The number of hydrogen-bond donors (Lipinski definition) is 1. The lowest BCUT2D eigenvalue weighted by Crippen LogP contribution is -2.40. The number of amides is 2. The van der Waals surface area contributed by atoms with Gasteiger partial charge >= 0.3 is 12.0 Å². The van der Waals surface area contributed by atoms with Gasteiger partial charge in [-0.3, -0.25) is 14.9 Å². The summed E-state index contributed by atoms with van der Waals surface area (Å²) in [7, 11) is -3.11. The van der Waals surface area contributed by atoms with Crippen molar-refractivity contribution in [2.45, 2.75) is 29.8 Å². The lowest BCUT2D eigenvalue weighted by molar-refractivity contribution is -0.384. The molecule has 11 heteroatoms. The summed E-state index contributed by atoms with van der Waals surface area (Å²) in [6, 6.07) is 10.7. The highest BCUT2D eigenvalue weighted by molar-refractivity contribution is 7.89. The van der Waals surface area contributed by atoms with Crippen molar-refractivity contribution in [3.8, 4) is 0 Å². The Labute approximate surface area is 172 Å². The molecule has 2 amide bonds. The van der Waals surface area contributed by atoms with E-state index in [0.717, 1.165) is 24.3 Å². The smallest absolute Gasteiger partial charge is 0.332 e. The van der Waals surface area contributed by atoms with Crippen LogP contribution < -0.4 is 5.32 Å². The van der Waals surface area contributed by atoms with Gasteiger partial charge in [-0.2, -0.15) is 0 Å². The van der Waals surface area contributed by atoms with Gasteiger partial charge in [0.05, 0.1) is 29.0 Å². The molecule has 0 unspecified atom stereocenters. The molecule has 1 saturated heterocycles. The molecule has 3 rings (SSSR count). The van der Waals surface area contributed by atoms with Crippen LogP contribution in [0.4, 0.5) is 10.5 Å². The lowest BCUT2D eigenvalue weighted by Gasteiger charge is -2.26. The third-order valence-corrected chi connectivity index (χ3v) is 6.62. The maximum Gasteiger partial charge on any atom is 0.332 e. The van der Waals surface area contributed by atoms with E-state index >= 15 is 0 Å². The predicted octanol–water partition coefficient (Wildman–Crippen LogP) is 2.37. The van der Waals surface area contributed by atoms with Gasteiger partial charge in [0, 0.05) is 18.6 Å². The van der Waals surface area contributed by atoms with E-state index in [1.54, 1.807) is 30.3 Å². The molecular weight excluding hydrogens is 414 g/mol. The number of urea groups is 1. The number of esters is 1. The Morgan fingerprint density at radius 2 is 1.80 bits per heavy atom. The van der Waals surface area contributed by atoms with E-state index in [4.69, 9.17) is 0 Å². The summed E-state index contributed by atoms with van der Waals surface area (Å²) in [6.07, 6.45) is -0.0527. The van der Waals surface area contributed by atoms with Crippen LogP contribution in [0.5, 0.6) is 0 Å². The first-order valence-electron chi connectivity index (χ1n) is 8.97. The highest BCUT2D eigenvalue weighted by Crippen LogP contribution is 2.34. The molecule has 2 aromatic carbocycles. The van der Waals surface area contributed by atoms with Gasteiger partial charge in [0.25, 0.3) is 15.7 Å². The molecule has 0 spiro atoms. The summed E-state index contributed by atoms with van der Waals surface area (Å²) in [5.41, 5.74) is 0.409. The second-order valence-corrected chi connectivity index (χ2v) is 8.39. The van der Waals surface area contributed by atoms with Crippen molar-refractivity contribution in [2.75, 3.05) is 7.11 Å². The summed E-state index contributed by atoms with van der Waals surface area (Å²) in [5.74, 6) is -0.533. The minimum Gasteiger partial charge on any atom is -0.469 e. The van der Waals surface area contributed by atoms with Gasteiger partial charge in [0.2, 0.25) is 0 Å². The van der Waals surface area contributed by atoms with Gasteiger partial charge in [-0.15, -0.1) is 0 Å². The fourth-order valence-electron chi connectivity index (χ4n) is 3.34. The molecule has 1 heterocycles. The minimum atomic E-state index is -4.33. The fraction of sp³-hybridized carbons (Fsp3) is 0.263. The molecule has 2 atom stereocenters. The Bertz CT molecular complexity index is 1060. The summed E-state index contributed by atoms with van der Waals surface area (Å²) in [5, 5.41) is 13.5. The quantitative estimate of drug-likeness (QED) is 0.402. The van der Waals surface area contributed by atoms with E-state index < -0.39 is 39.0 Å². The molecule has 1 aliphatic rings. The maximum absolute atomic E-state index is 13.2. The van der Waals surface area contributed by atoms with Gasteiger partial charge in [0.15, 0.2) is 0 Å². The monoisotopic (exact) mass is 433 g/mol. The van der Waals surface area contributed by atoms with E-state index in [9.17, 15) is 28.1 Å². The first-order valence-corrected chi connectivity index (χ1v) is 10.4. The number of ether oxygens (including phenoxy) is 1. The van der Waals surface area contributed by atoms with Crippen LogP contribution in [-0.4, -0.2) is 42.8 Å². The van der Waals surface area contributed by atoms with Crippen LogP contribution in [-0.2, 0) is 19.6 Å². The van der Waals surface area contributed by atoms with Crippen LogP contribution in [0.25, 0.3) is 0 Å². The number of hydrogen-bond acceptors (Lipinski definition) is 7. The third kappa shape index (κ3) is 4.10. The van der Waals surface area contributed by atoms with Crippen molar-refractivity contribution < 1.29 is 27.7 Å². The van der Waals surface area contributed by atoms with Crippen molar-refractivity contribution in [2.24, 2.45) is 0 Å². The zero-order valence-electron chi connectivity index (χ0n) is 15.9. The van der Waals surface area contributed by atoms with Crippen molar-refractivity contribution in [3.63, 3.8) is 0 Å². The molecule has 158 valence electrons. The molecule has 10 nitrogen and oxygen atoms in total. The standard InChI is InChI=1S/C19H19N3O7S/c1-29-17(23)12-11-16-18(13-5-3-2-4-6-13)20-19(24)21(16)30(27,28)15-9-7-14(8-10-15)22(25)26/h2-10,16,18H,11-12H2,1H3,(H,20,24)/t16-,18-/m0/s1. The molecule has 1 fully saturated rings. The van der Waals surface area contributed by atoms with Crippen molar-refractivity contribution in [3.05, 3.63) is 70.3 Å². The van der Waals surface area contributed by atoms with Crippen LogP contribution in [0.15, 0.2) is 59.5 Å².